The zero-order chi connectivity index (χ0) is 43.1. The SMILES string of the molecule is CC[C@H](C)COCCCCOc1ccc(N=Cc2ccc(C(=O)Oc3cccc(OC(=O)c4ccc(C=Nc5ccc(OCCCOC[C@@H](C)CC)cc5)cc4)c3)cc2)cc1. The van der Waals surface area contributed by atoms with Crippen LogP contribution in [0.2, 0.25) is 0 Å². The molecule has 0 bridgehead atoms. The van der Waals surface area contributed by atoms with Crippen LogP contribution >= 0.6 is 0 Å². The minimum atomic E-state index is -0.546. The van der Waals surface area contributed by atoms with E-state index in [0.29, 0.717) is 42.8 Å². The first kappa shape index (κ1) is 46.0. The molecule has 0 unspecified atom stereocenters. The molecule has 5 aromatic carbocycles. The molecule has 0 fully saturated rings. The van der Waals surface area contributed by atoms with Crippen LogP contribution in [0.3, 0.4) is 0 Å². The maximum Gasteiger partial charge on any atom is 0.343 e. The first-order valence-electron chi connectivity index (χ1n) is 21.2. The molecule has 0 aliphatic rings. The van der Waals surface area contributed by atoms with Crippen LogP contribution in [0.25, 0.3) is 0 Å². The van der Waals surface area contributed by atoms with E-state index < -0.39 is 11.9 Å². The van der Waals surface area contributed by atoms with Gasteiger partial charge in [0.05, 0.1) is 35.7 Å². The van der Waals surface area contributed by atoms with E-state index in [1.807, 2.05) is 48.5 Å². The number of ether oxygens (including phenoxy) is 6. The summed E-state index contributed by atoms with van der Waals surface area (Å²) < 4.78 is 34.2. The third-order valence-corrected chi connectivity index (χ3v) is 9.77. The molecule has 0 amide bonds. The van der Waals surface area contributed by atoms with Crippen molar-refractivity contribution in [1.82, 2.24) is 0 Å². The number of hydrogen-bond acceptors (Lipinski definition) is 10. The highest BCUT2D eigenvalue weighted by molar-refractivity contribution is 5.93. The topological polar surface area (TPSA) is 114 Å². The van der Waals surface area contributed by atoms with Crippen molar-refractivity contribution in [2.45, 2.75) is 59.8 Å². The molecule has 0 radical (unpaired) electrons. The maximum atomic E-state index is 12.9. The summed E-state index contributed by atoms with van der Waals surface area (Å²) in [4.78, 5) is 35.0. The quantitative estimate of drug-likeness (QED) is 0.0247. The molecule has 0 saturated carbocycles. The van der Waals surface area contributed by atoms with Crippen LogP contribution in [0.15, 0.2) is 131 Å². The van der Waals surface area contributed by atoms with Crippen LogP contribution in [-0.4, -0.2) is 64.0 Å². The van der Waals surface area contributed by atoms with Gasteiger partial charge in [-0.15, -0.1) is 0 Å². The van der Waals surface area contributed by atoms with Gasteiger partial charge in [-0.1, -0.05) is 70.9 Å². The average molecular weight is 827 g/mol. The Balaban J connectivity index is 1.02. The van der Waals surface area contributed by atoms with Gasteiger partial charge in [0, 0.05) is 51.3 Å². The van der Waals surface area contributed by atoms with E-state index in [0.717, 1.165) is 85.9 Å². The number of hydrogen-bond donors (Lipinski definition) is 0. The van der Waals surface area contributed by atoms with Gasteiger partial charge < -0.3 is 28.4 Å². The molecule has 2 atom stereocenters. The Kier molecular flexibility index (Phi) is 19.2. The molecule has 320 valence electrons. The molecule has 0 aliphatic heterocycles. The largest absolute Gasteiger partial charge is 0.494 e. The molecule has 0 aliphatic carbocycles. The van der Waals surface area contributed by atoms with E-state index in [4.69, 9.17) is 28.4 Å². The second-order valence-corrected chi connectivity index (χ2v) is 14.9. The van der Waals surface area contributed by atoms with Crippen LogP contribution in [0, 0.1) is 11.8 Å². The normalized spacial score (nSPS) is 12.3. The highest BCUT2D eigenvalue weighted by Gasteiger charge is 2.12. The van der Waals surface area contributed by atoms with E-state index in [9.17, 15) is 9.59 Å². The first-order chi connectivity index (χ1) is 29.8. The molecule has 0 N–H and O–H groups in total. The number of rotatable bonds is 25. The Morgan fingerprint density at radius 2 is 0.918 bits per heavy atom. The molecule has 0 spiro atoms. The van der Waals surface area contributed by atoms with Crippen LogP contribution in [-0.2, 0) is 9.47 Å². The maximum absolute atomic E-state index is 12.9. The summed E-state index contributed by atoms with van der Waals surface area (Å²) in [6, 6.07) is 35.4. The van der Waals surface area contributed by atoms with Crippen molar-refractivity contribution in [3.8, 4) is 23.0 Å². The fraction of sp³-hybridized carbons (Fsp3) is 0.333. The van der Waals surface area contributed by atoms with Gasteiger partial charge in [0.25, 0.3) is 0 Å². The van der Waals surface area contributed by atoms with Crippen molar-refractivity contribution in [2.24, 2.45) is 21.8 Å². The van der Waals surface area contributed by atoms with Crippen molar-refractivity contribution in [2.75, 3.05) is 39.6 Å². The van der Waals surface area contributed by atoms with Crippen molar-refractivity contribution >= 4 is 35.7 Å². The fourth-order valence-corrected chi connectivity index (χ4v) is 5.55. The lowest BCUT2D eigenvalue weighted by molar-refractivity contribution is 0.0732. The van der Waals surface area contributed by atoms with Gasteiger partial charge in [0.1, 0.15) is 23.0 Å². The summed E-state index contributed by atoms with van der Waals surface area (Å²) in [6.07, 6.45) is 8.45. The Hall–Kier alpha value is -6.10. The fourth-order valence-electron chi connectivity index (χ4n) is 5.55. The van der Waals surface area contributed by atoms with Crippen molar-refractivity contribution < 1.29 is 38.0 Å². The highest BCUT2D eigenvalue weighted by Crippen LogP contribution is 2.23. The Morgan fingerprint density at radius 1 is 0.508 bits per heavy atom. The van der Waals surface area contributed by atoms with Gasteiger partial charge in [-0.2, -0.15) is 0 Å². The molecule has 5 rings (SSSR count). The lowest BCUT2D eigenvalue weighted by atomic mass is 10.1. The lowest BCUT2D eigenvalue weighted by Gasteiger charge is -2.10. The summed E-state index contributed by atoms with van der Waals surface area (Å²) in [5, 5.41) is 0. The molecule has 10 heteroatoms. The molecule has 10 nitrogen and oxygen atoms in total. The number of carbonyl (C=O) groups excluding carboxylic acids is 2. The zero-order valence-electron chi connectivity index (χ0n) is 35.8. The predicted octanol–water partition coefficient (Wildman–Crippen LogP) is 11.7. The Morgan fingerprint density at radius 3 is 1.36 bits per heavy atom. The number of aliphatic imine (C=N–C) groups is 2. The molecule has 0 aromatic heterocycles. The van der Waals surface area contributed by atoms with Crippen molar-refractivity contribution in [1.29, 1.82) is 0 Å². The molecule has 0 saturated heterocycles. The van der Waals surface area contributed by atoms with Gasteiger partial charge >= 0.3 is 11.9 Å². The number of benzene rings is 5. The van der Waals surface area contributed by atoms with Crippen LogP contribution in [0.5, 0.6) is 23.0 Å². The van der Waals surface area contributed by atoms with Crippen LogP contribution in [0.1, 0.15) is 91.6 Å². The van der Waals surface area contributed by atoms with Crippen LogP contribution < -0.4 is 18.9 Å². The third kappa shape index (κ3) is 16.8. The van der Waals surface area contributed by atoms with E-state index in [2.05, 4.69) is 37.7 Å². The second-order valence-electron chi connectivity index (χ2n) is 14.9. The Labute approximate surface area is 360 Å². The summed E-state index contributed by atoms with van der Waals surface area (Å²) in [6.45, 7) is 13.0. The first-order valence-corrected chi connectivity index (χ1v) is 21.2. The van der Waals surface area contributed by atoms with E-state index in [1.54, 1.807) is 79.2 Å². The van der Waals surface area contributed by atoms with Gasteiger partial charge in [0.15, 0.2) is 0 Å². The second kappa shape index (κ2) is 25.5. The third-order valence-electron chi connectivity index (χ3n) is 9.77. The van der Waals surface area contributed by atoms with Gasteiger partial charge in [-0.3, -0.25) is 9.98 Å². The number of esters is 2. The van der Waals surface area contributed by atoms with Crippen LogP contribution in [0.4, 0.5) is 11.4 Å². The minimum absolute atomic E-state index is 0.243. The average Bonchev–Trinajstić information content (AvgIpc) is 3.29. The van der Waals surface area contributed by atoms with E-state index >= 15 is 0 Å². The van der Waals surface area contributed by atoms with Crippen molar-refractivity contribution in [3.05, 3.63) is 144 Å². The number of unbranched alkanes of at least 4 members (excludes halogenated alkanes) is 1. The standard InChI is InChI=1S/C51H58N2O8/c1-5-38(3)36-56-29-7-8-31-58-46-25-21-44(22-26-46)52-34-40-13-17-42(18-14-40)50(54)60-48-11-9-12-49(33-48)61-51(55)43-19-15-41(16-20-43)35-53-45-23-27-47(28-24-45)59-32-10-30-57-37-39(4)6-2/h9,11-28,33-35,38-39H,5-8,10,29-32,36-37H2,1-4H3/t38-,39-/m0/s1. The summed E-state index contributed by atoms with van der Waals surface area (Å²) in [5.74, 6) is 2.15. The van der Waals surface area contributed by atoms with E-state index in [1.165, 1.54) is 6.07 Å². The summed E-state index contributed by atoms with van der Waals surface area (Å²) in [5.41, 5.74) is 3.93. The highest BCUT2D eigenvalue weighted by atomic mass is 16.5. The monoisotopic (exact) mass is 826 g/mol. The smallest absolute Gasteiger partial charge is 0.343 e. The summed E-state index contributed by atoms with van der Waals surface area (Å²) in [7, 11) is 0. The molecular weight excluding hydrogens is 769 g/mol. The molecule has 0 heterocycles. The van der Waals surface area contributed by atoms with E-state index in [-0.39, 0.29) is 11.5 Å². The van der Waals surface area contributed by atoms with Gasteiger partial charge in [0.2, 0.25) is 0 Å². The van der Waals surface area contributed by atoms with Gasteiger partial charge in [-0.25, -0.2) is 9.59 Å². The molecular formula is C51H58N2O8. The summed E-state index contributed by atoms with van der Waals surface area (Å²) >= 11 is 0. The van der Waals surface area contributed by atoms with Gasteiger partial charge in [-0.05, 0) is 121 Å². The number of nitrogens with zero attached hydrogens (tertiary/aromatic N) is 2. The Bertz CT molecular complexity index is 2110. The zero-order valence-corrected chi connectivity index (χ0v) is 35.8. The molecule has 5 aromatic rings. The number of carbonyl (C=O) groups is 2. The minimum Gasteiger partial charge on any atom is -0.494 e. The van der Waals surface area contributed by atoms with Crippen molar-refractivity contribution in [3.63, 3.8) is 0 Å². The molecule has 61 heavy (non-hydrogen) atoms. The predicted molar refractivity (Wildman–Crippen MR) is 242 cm³/mol. The lowest BCUT2D eigenvalue weighted by Crippen LogP contribution is -2.10.